The van der Waals surface area contributed by atoms with Crippen molar-refractivity contribution < 1.29 is 0 Å². The van der Waals surface area contributed by atoms with Crippen molar-refractivity contribution >= 4 is 39.2 Å². The molecule has 0 aliphatic heterocycles. The summed E-state index contributed by atoms with van der Waals surface area (Å²) in [6.07, 6.45) is 7.38. The molecule has 8 heteroatoms. The van der Waals surface area contributed by atoms with Gasteiger partial charge in [-0.05, 0) is 22.2 Å². The molecule has 130 valence electrons. The van der Waals surface area contributed by atoms with Crippen LogP contribution in [0.3, 0.4) is 0 Å². The van der Waals surface area contributed by atoms with E-state index in [1.54, 1.807) is 10.7 Å². The molecule has 0 aliphatic rings. The minimum absolute atomic E-state index is 0.597. The van der Waals surface area contributed by atoms with E-state index in [0.29, 0.717) is 6.54 Å². The molecule has 3 heterocycles. The van der Waals surface area contributed by atoms with Gasteiger partial charge < -0.3 is 5.32 Å². The second kappa shape index (κ2) is 7.43. The van der Waals surface area contributed by atoms with Gasteiger partial charge >= 0.3 is 0 Å². The summed E-state index contributed by atoms with van der Waals surface area (Å²) >= 11 is 5.05. The average Bonchev–Trinajstić information content (AvgIpc) is 3.08. The van der Waals surface area contributed by atoms with E-state index >= 15 is 0 Å². The zero-order valence-electron chi connectivity index (χ0n) is 13.9. The molecule has 0 saturated carbocycles. The van der Waals surface area contributed by atoms with Crippen LogP contribution in [0.5, 0.6) is 0 Å². The number of hydrogen-bond donors (Lipinski definition) is 1. The van der Waals surface area contributed by atoms with E-state index in [1.807, 2.05) is 55.0 Å². The lowest BCUT2D eigenvalue weighted by Gasteiger charge is -2.11. The van der Waals surface area contributed by atoms with Gasteiger partial charge in [-0.2, -0.15) is 9.61 Å². The minimum atomic E-state index is 0.597. The van der Waals surface area contributed by atoms with Gasteiger partial charge in [0.05, 0.1) is 16.4 Å². The molecule has 0 atom stereocenters. The van der Waals surface area contributed by atoms with Gasteiger partial charge in [0.25, 0.3) is 0 Å². The van der Waals surface area contributed by atoms with Gasteiger partial charge in [-0.15, -0.1) is 0 Å². The predicted octanol–water partition coefficient (Wildman–Crippen LogP) is 4.28. The van der Waals surface area contributed by atoms with Crippen LogP contribution in [0, 0.1) is 0 Å². The molecular weight excluding hydrogens is 412 g/mol. The molecule has 6 nitrogen and oxygen atoms in total. The van der Waals surface area contributed by atoms with Crippen molar-refractivity contribution in [3.8, 4) is 11.3 Å². The van der Waals surface area contributed by atoms with Crippen LogP contribution in [-0.4, -0.2) is 30.8 Å². The largest absolute Gasteiger partial charge is 0.366 e. The minimum Gasteiger partial charge on any atom is -0.366 e. The maximum absolute atomic E-state index is 4.73. The summed E-state index contributed by atoms with van der Waals surface area (Å²) in [6, 6.07) is 12.1. The average molecular weight is 427 g/mol. The van der Waals surface area contributed by atoms with Gasteiger partial charge in [-0.3, -0.25) is 0 Å². The molecule has 4 aromatic rings. The van der Waals surface area contributed by atoms with Crippen LogP contribution in [0.25, 0.3) is 16.9 Å². The monoisotopic (exact) mass is 426 g/mol. The fourth-order valence-corrected chi connectivity index (χ4v) is 3.22. The number of anilines is 1. The number of rotatable bonds is 5. The van der Waals surface area contributed by atoms with Gasteiger partial charge in [0.1, 0.15) is 5.82 Å². The fraction of sp³-hybridized carbons (Fsp3) is 0.111. The Labute approximate surface area is 163 Å². The molecule has 26 heavy (non-hydrogen) atoms. The van der Waals surface area contributed by atoms with Crippen molar-refractivity contribution in [2.24, 2.45) is 0 Å². The summed E-state index contributed by atoms with van der Waals surface area (Å²) < 4.78 is 2.64. The third kappa shape index (κ3) is 3.42. The summed E-state index contributed by atoms with van der Waals surface area (Å²) in [7, 11) is 0. The van der Waals surface area contributed by atoms with E-state index in [-0.39, 0.29) is 0 Å². The van der Waals surface area contributed by atoms with Crippen LogP contribution in [0.4, 0.5) is 5.82 Å². The van der Waals surface area contributed by atoms with Crippen LogP contribution in [0.1, 0.15) is 5.56 Å². The maximum atomic E-state index is 4.73. The number of nitrogens with one attached hydrogen (secondary N) is 1. The van der Waals surface area contributed by atoms with Crippen molar-refractivity contribution in [2.75, 3.05) is 11.6 Å². The van der Waals surface area contributed by atoms with Gasteiger partial charge in [-0.1, -0.05) is 42.1 Å². The zero-order chi connectivity index (χ0) is 17.9. The highest BCUT2D eigenvalue weighted by atomic mass is 79.9. The van der Waals surface area contributed by atoms with E-state index in [4.69, 9.17) is 4.98 Å². The lowest BCUT2D eigenvalue weighted by Crippen LogP contribution is -2.07. The Hall–Kier alpha value is -2.45. The maximum Gasteiger partial charge on any atom is 0.187 e. The summed E-state index contributed by atoms with van der Waals surface area (Å²) in [5.41, 5.74) is 3.71. The topological polar surface area (TPSA) is 68.0 Å². The number of aromatic nitrogens is 5. The molecule has 0 aliphatic carbocycles. The first-order chi connectivity index (χ1) is 12.7. The molecule has 1 N–H and O–H groups in total. The van der Waals surface area contributed by atoms with Crippen molar-refractivity contribution in [1.29, 1.82) is 0 Å². The zero-order valence-corrected chi connectivity index (χ0v) is 16.3. The lowest BCUT2D eigenvalue weighted by atomic mass is 10.1. The number of benzene rings is 1. The highest BCUT2D eigenvalue weighted by molar-refractivity contribution is 9.10. The Morgan fingerprint density at radius 1 is 1.12 bits per heavy atom. The number of nitrogens with zero attached hydrogens (tertiary/aromatic N) is 5. The van der Waals surface area contributed by atoms with E-state index in [9.17, 15) is 0 Å². The van der Waals surface area contributed by atoms with Crippen LogP contribution < -0.4 is 5.32 Å². The van der Waals surface area contributed by atoms with E-state index in [2.05, 4.69) is 36.3 Å². The second-order valence-electron chi connectivity index (χ2n) is 5.55. The fourth-order valence-electron chi connectivity index (χ4n) is 2.55. The van der Waals surface area contributed by atoms with Crippen molar-refractivity contribution in [3.63, 3.8) is 0 Å². The van der Waals surface area contributed by atoms with Crippen LogP contribution in [0.15, 0.2) is 64.6 Å². The van der Waals surface area contributed by atoms with Crippen molar-refractivity contribution in [3.05, 3.63) is 65.0 Å². The molecule has 0 fully saturated rings. The Morgan fingerprint density at radius 2 is 1.88 bits per heavy atom. The highest BCUT2D eigenvalue weighted by Crippen LogP contribution is 2.26. The van der Waals surface area contributed by atoms with E-state index in [0.717, 1.165) is 37.9 Å². The summed E-state index contributed by atoms with van der Waals surface area (Å²) in [4.78, 5) is 13.4. The summed E-state index contributed by atoms with van der Waals surface area (Å²) in [5, 5.41) is 8.59. The number of fused-ring (bicyclic) bond motifs is 1. The molecule has 0 saturated heterocycles. The van der Waals surface area contributed by atoms with E-state index < -0.39 is 0 Å². The van der Waals surface area contributed by atoms with Crippen LogP contribution >= 0.6 is 27.7 Å². The quantitative estimate of drug-likeness (QED) is 0.379. The Morgan fingerprint density at radius 3 is 2.62 bits per heavy atom. The number of hydrogen-bond acceptors (Lipinski definition) is 6. The summed E-state index contributed by atoms with van der Waals surface area (Å²) in [6.45, 7) is 0.597. The Bertz CT molecular complexity index is 1030. The van der Waals surface area contributed by atoms with Crippen molar-refractivity contribution in [2.45, 2.75) is 11.7 Å². The molecule has 0 unspecified atom stereocenters. The SMILES string of the molecule is CSc1ncc(CNc2cc(-c3ccccc3)nc3c(Br)cnn23)cn1. The third-order valence-electron chi connectivity index (χ3n) is 3.84. The van der Waals surface area contributed by atoms with Crippen molar-refractivity contribution in [1.82, 2.24) is 24.6 Å². The third-order valence-corrected chi connectivity index (χ3v) is 4.97. The van der Waals surface area contributed by atoms with Gasteiger partial charge in [0, 0.05) is 36.1 Å². The second-order valence-corrected chi connectivity index (χ2v) is 7.18. The smallest absolute Gasteiger partial charge is 0.187 e. The summed E-state index contributed by atoms with van der Waals surface area (Å²) in [5.74, 6) is 0.855. The molecule has 0 bridgehead atoms. The van der Waals surface area contributed by atoms with Gasteiger partial charge in [0.2, 0.25) is 0 Å². The molecule has 0 radical (unpaired) electrons. The molecule has 1 aromatic carbocycles. The Kier molecular flexibility index (Phi) is 4.85. The van der Waals surface area contributed by atoms with E-state index in [1.165, 1.54) is 11.8 Å². The predicted molar refractivity (Wildman–Crippen MR) is 107 cm³/mol. The molecular formula is C18H15BrN6S. The lowest BCUT2D eigenvalue weighted by molar-refractivity contribution is 0.903. The standard InChI is InChI=1S/C18H15BrN6S/c1-26-18-21-9-12(10-22-18)8-20-16-7-15(13-5-3-2-4-6-13)24-17-14(19)11-23-25(16)17/h2-7,9-11,20H,8H2,1H3. The van der Waals surface area contributed by atoms with Crippen LogP contribution in [-0.2, 0) is 6.54 Å². The van der Waals surface area contributed by atoms with Crippen LogP contribution in [0.2, 0.25) is 0 Å². The Balaban J connectivity index is 1.68. The molecule has 3 aromatic heterocycles. The first kappa shape index (κ1) is 17.0. The molecule has 0 amide bonds. The number of thioether (sulfide) groups is 1. The first-order valence-electron chi connectivity index (χ1n) is 7.93. The van der Waals surface area contributed by atoms with Gasteiger partial charge in [-0.25, -0.2) is 15.0 Å². The number of halogens is 1. The first-order valence-corrected chi connectivity index (χ1v) is 9.95. The highest BCUT2D eigenvalue weighted by Gasteiger charge is 2.11. The molecule has 0 spiro atoms. The normalized spacial score (nSPS) is 11.0. The van der Waals surface area contributed by atoms with Gasteiger partial charge in [0.15, 0.2) is 10.8 Å². The molecule has 4 rings (SSSR count).